The molecule has 4 nitrogen and oxygen atoms in total. The van der Waals surface area contributed by atoms with Crippen LogP contribution in [0.4, 0.5) is 18.9 Å². The van der Waals surface area contributed by atoms with Gasteiger partial charge in [-0.1, -0.05) is 6.07 Å². The second-order valence-corrected chi connectivity index (χ2v) is 7.19. The highest BCUT2D eigenvalue weighted by atomic mass is 127. The number of alkyl halides is 3. The number of benzene rings is 2. The highest BCUT2D eigenvalue weighted by Crippen LogP contribution is 2.33. The van der Waals surface area contributed by atoms with E-state index in [1.165, 1.54) is 16.8 Å². The van der Waals surface area contributed by atoms with Gasteiger partial charge in [0.25, 0.3) is 5.91 Å². The lowest BCUT2D eigenvalue weighted by molar-refractivity contribution is -0.137. The van der Waals surface area contributed by atoms with E-state index in [1.54, 1.807) is 31.3 Å². The van der Waals surface area contributed by atoms with Crippen LogP contribution >= 0.6 is 22.6 Å². The molecule has 27 heavy (non-hydrogen) atoms. The largest absolute Gasteiger partial charge is 0.416 e. The van der Waals surface area contributed by atoms with Gasteiger partial charge in [0, 0.05) is 32.9 Å². The van der Waals surface area contributed by atoms with E-state index in [4.69, 9.17) is 0 Å². The van der Waals surface area contributed by atoms with Crippen molar-refractivity contribution < 1.29 is 18.0 Å². The molecule has 0 saturated carbocycles. The second-order valence-electron chi connectivity index (χ2n) is 6.03. The van der Waals surface area contributed by atoms with Crippen molar-refractivity contribution in [2.75, 3.05) is 5.32 Å². The first-order chi connectivity index (χ1) is 12.6. The Morgan fingerprint density at radius 2 is 1.89 bits per heavy atom. The number of aryl methyl sites for hydroxylation is 2. The maximum Gasteiger partial charge on any atom is 0.416 e. The molecule has 3 aromatic rings. The van der Waals surface area contributed by atoms with Gasteiger partial charge in [0.05, 0.1) is 5.56 Å². The number of anilines is 1. The monoisotopic (exact) mass is 485 g/mol. The van der Waals surface area contributed by atoms with E-state index in [-0.39, 0.29) is 11.4 Å². The fourth-order valence-corrected chi connectivity index (χ4v) is 3.09. The molecule has 1 N–H and O–H groups in total. The summed E-state index contributed by atoms with van der Waals surface area (Å²) in [5, 5.41) is 2.56. The zero-order valence-corrected chi connectivity index (χ0v) is 16.6. The Morgan fingerprint density at radius 1 is 1.15 bits per heavy atom. The molecule has 0 bridgehead atoms. The number of hydrogen-bond donors (Lipinski definition) is 1. The minimum atomic E-state index is -4.54. The summed E-state index contributed by atoms with van der Waals surface area (Å²) in [5.74, 6) is 0.0697. The molecule has 0 aliphatic rings. The van der Waals surface area contributed by atoms with Crippen molar-refractivity contribution >= 4 is 34.2 Å². The van der Waals surface area contributed by atoms with Gasteiger partial charge in [-0.15, -0.1) is 0 Å². The Balaban J connectivity index is 2.00. The van der Waals surface area contributed by atoms with Gasteiger partial charge in [-0.2, -0.15) is 13.2 Å². The maximum atomic E-state index is 13.3. The lowest BCUT2D eigenvalue weighted by Crippen LogP contribution is -2.14. The van der Waals surface area contributed by atoms with Crippen LogP contribution in [0.3, 0.4) is 0 Å². The number of halogens is 4. The van der Waals surface area contributed by atoms with Crippen LogP contribution in [-0.2, 0) is 6.18 Å². The molecule has 1 heterocycles. The smallest absolute Gasteiger partial charge is 0.322 e. The topological polar surface area (TPSA) is 46.9 Å². The van der Waals surface area contributed by atoms with Gasteiger partial charge >= 0.3 is 6.18 Å². The summed E-state index contributed by atoms with van der Waals surface area (Å²) < 4.78 is 42.4. The van der Waals surface area contributed by atoms with Crippen LogP contribution in [0, 0.1) is 17.4 Å². The first kappa shape index (κ1) is 19.4. The summed E-state index contributed by atoms with van der Waals surface area (Å²) in [7, 11) is 0. The molecule has 3 rings (SSSR count). The van der Waals surface area contributed by atoms with Crippen LogP contribution in [0.2, 0.25) is 0 Å². The van der Waals surface area contributed by atoms with Gasteiger partial charge in [0.2, 0.25) is 0 Å². The highest BCUT2D eigenvalue weighted by molar-refractivity contribution is 14.1. The average molecular weight is 485 g/mol. The average Bonchev–Trinajstić information content (AvgIpc) is 3.02. The Bertz CT molecular complexity index is 1010. The number of aromatic nitrogens is 2. The van der Waals surface area contributed by atoms with Crippen LogP contribution < -0.4 is 5.32 Å². The van der Waals surface area contributed by atoms with Crippen molar-refractivity contribution in [1.29, 1.82) is 0 Å². The fraction of sp³-hybridized carbons (Fsp3) is 0.158. The summed E-state index contributed by atoms with van der Waals surface area (Å²) in [5.41, 5.74) is 0.885. The van der Waals surface area contributed by atoms with E-state index in [9.17, 15) is 18.0 Å². The third kappa shape index (κ3) is 4.32. The molecule has 0 spiro atoms. The minimum Gasteiger partial charge on any atom is -0.322 e. The summed E-state index contributed by atoms with van der Waals surface area (Å²) in [6.45, 7) is 3.60. The number of carbonyl (C=O) groups is 1. The molecular formula is C19H15F3IN3O. The summed E-state index contributed by atoms with van der Waals surface area (Å²) in [6, 6.07) is 8.57. The van der Waals surface area contributed by atoms with E-state index in [0.717, 1.165) is 21.3 Å². The van der Waals surface area contributed by atoms with Crippen molar-refractivity contribution in [1.82, 2.24) is 9.55 Å². The molecule has 140 valence electrons. The molecule has 0 aliphatic carbocycles. The summed E-state index contributed by atoms with van der Waals surface area (Å²) in [6.07, 6.45) is -1.47. The van der Waals surface area contributed by atoms with E-state index in [2.05, 4.69) is 32.9 Å². The SMILES string of the molecule is Cc1ccc(C(=O)Nc2cc(-n3ccnc3C)cc(C(F)(F)F)c2)cc1I. The van der Waals surface area contributed by atoms with Crippen molar-refractivity contribution in [3.05, 3.63) is 74.9 Å². The van der Waals surface area contributed by atoms with Crippen LogP contribution in [-0.4, -0.2) is 15.5 Å². The van der Waals surface area contributed by atoms with Gasteiger partial charge in [0.15, 0.2) is 0 Å². The zero-order valence-electron chi connectivity index (χ0n) is 14.4. The number of nitrogens with one attached hydrogen (secondary N) is 1. The number of imidazole rings is 1. The summed E-state index contributed by atoms with van der Waals surface area (Å²) in [4.78, 5) is 16.5. The maximum absolute atomic E-state index is 13.3. The number of nitrogens with zero attached hydrogens (tertiary/aromatic N) is 2. The Kier molecular flexibility index (Phi) is 5.27. The van der Waals surface area contributed by atoms with Gasteiger partial charge in [-0.3, -0.25) is 4.79 Å². The van der Waals surface area contributed by atoms with Crippen LogP contribution in [0.15, 0.2) is 48.8 Å². The number of carbonyl (C=O) groups excluding carboxylic acids is 1. The molecule has 1 aromatic heterocycles. The molecule has 2 aromatic carbocycles. The number of rotatable bonds is 3. The Hall–Kier alpha value is -2.36. The third-order valence-electron chi connectivity index (χ3n) is 4.04. The lowest BCUT2D eigenvalue weighted by atomic mass is 10.1. The molecule has 0 aliphatic heterocycles. The zero-order chi connectivity index (χ0) is 19.8. The van der Waals surface area contributed by atoms with E-state index in [0.29, 0.717) is 11.4 Å². The molecule has 0 atom stereocenters. The van der Waals surface area contributed by atoms with E-state index >= 15 is 0 Å². The van der Waals surface area contributed by atoms with Crippen LogP contribution in [0.5, 0.6) is 0 Å². The standard InChI is InChI=1S/C19H15F3IN3O/c1-11-3-4-13(7-17(11)23)18(27)25-15-8-14(19(20,21)22)9-16(10-15)26-6-5-24-12(26)2/h3-10H,1-2H3,(H,25,27). The highest BCUT2D eigenvalue weighted by Gasteiger charge is 2.31. The fourth-order valence-electron chi connectivity index (χ4n) is 2.57. The van der Waals surface area contributed by atoms with Gasteiger partial charge in [-0.25, -0.2) is 4.98 Å². The van der Waals surface area contributed by atoms with E-state index in [1.807, 2.05) is 6.92 Å². The first-order valence-corrected chi connectivity index (χ1v) is 9.03. The predicted molar refractivity (Wildman–Crippen MR) is 105 cm³/mol. The quantitative estimate of drug-likeness (QED) is 0.508. The molecule has 0 radical (unpaired) electrons. The number of amides is 1. The Morgan fingerprint density at radius 3 is 2.48 bits per heavy atom. The third-order valence-corrected chi connectivity index (χ3v) is 5.20. The molecule has 1 amide bonds. The van der Waals surface area contributed by atoms with Crippen molar-refractivity contribution in [3.8, 4) is 5.69 Å². The predicted octanol–water partition coefficient (Wildman–Crippen LogP) is 5.36. The molecular weight excluding hydrogens is 470 g/mol. The molecule has 0 saturated heterocycles. The Labute approximate surface area is 167 Å². The lowest BCUT2D eigenvalue weighted by Gasteiger charge is -2.14. The molecule has 8 heteroatoms. The normalized spacial score (nSPS) is 11.5. The van der Waals surface area contributed by atoms with Gasteiger partial charge in [0.1, 0.15) is 5.82 Å². The summed E-state index contributed by atoms with van der Waals surface area (Å²) >= 11 is 2.11. The van der Waals surface area contributed by atoms with Crippen LogP contribution in [0.1, 0.15) is 27.3 Å². The van der Waals surface area contributed by atoms with Crippen LogP contribution in [0.25, 0.3) is 5.69 Å². The van der Waals surface area contributed by atoms with E-state index < -0.39 is 17.6 Å². The molecule has 0 fully saturated rings. The minimum absolute atomic E-state index is 0.0634. The first-order valence-electron chi connectivity index (χ1n) is 7.95. The van der Waals surface area contributed by atoms with Gasteiger partial charge in [-0.05, 0) is 72.3 Å². The molecule has 0 unspecified atom stereocenters. The second kappa shape index (κ2) is 7.34. The van der Waals surface area contributed by atoms with Crippen molar-refractivity contribution in [3.63, 3.8) is 0 Å². The van der Waals surface area contributed by atoms with Crippen molar-refractivity contribution in [2.45, 2.75) is 20.0 Å². The number of hydrogen-bond acceptors (Lipinski definition) is 2. The van der Waals surface area contributed by atoms with Gasteiger partial charge < -0.3 is 9.88 Å². The van der Waals surface area contributed by atoms with Crippen molar-refractivity contribution in [2.24, 2.45) is 0 Å².